The lowest BCUT2D eigenvalue weighted by Gasteiger charge is -2.08. The molecular weight excluding hydrogens is 280 g/mol. The average molecular weight is 295 g/mol. The van der Waals surface area contributed by atoms with E-state index in [9.17, 15) is 4.79 Å². The summed E-state index contributed by atoms with van der Waals surface area (Å²) in [4.78, 5) is 16.4. The minimum atomic E-state index is -0.196. The number of carbonyl (C=O) groups excluding carboxylic acids is 1. The molecule has 2 heterocycles. The van der Waals surface area contributed by atoms with Crippen molar-refractivity contribution in [3.63, 3.8) is 0 Å². The standard InChI is InChI=1S/C14H15ClN2O3/c15-7-14(18)16-8-11-6-12(17-20-11)9-1-2-13-10(5-9)3-4-19-13/h1-2,5,11H,3-4,6-8H2,(H,16,18). The van der Waals surface area contributed by atoms with Gasteiger partial charge in [0.05, 0.1) is 18.9 Å². The van der Waals surface area contributed by atoms with Gasteiger partial charge >= 0.3 is 0 Å². The van der Waals surface area contributed by atoms with Crippen LogP contribution < -0.4 is 10.1 Å². The Morgan fingerprint density at radius 2 is 2.40 bits per heavy atom. The summed E-state index contributed by atoms with van der Waals surface area (Å²) in [7, 11) is 0. The van der Waals surface area contributed by atoms with Crippen LogP contribution in [0.15, 0.2) is 23.4 Å². The first-order valence-electron chi connectivity index (χ1n) is 6.57. The van der Waals surface area contributed by atoms with Gasteiger partial charge < -0.3 is 14.9 Å². The molecule has 0 radical (unpaired) electrons. The second kappa shape index (κ2) is 5.71. The number of oxime groups is 1. The van der Waals surface area contributed by atoms with Crippen molar-refractivity contribution >= 4 is 23.2 Å². The van der Waals surface area contributed by atoms with Crippen molar-refractivity contribution in [3.8, 4) is 5.75 Å². The number of fused-ring (bicyclic) bond motifs is 1. The van der Waals surface area contributed by atoms with Crippen LogP contribution in [0.4, 0.5) is 0 Å². The second-order valence-electron chi connectivity index (χ2n) is 4.83. The summed E-state index contributed by atoms with van der Waals surface area (Å²) in [5.74, 6) is 0.725. The van der Waals surface area contributed by atoms with Crippen LogP contribution in [0, 0.1) is 0 Å². The Morgan fingerprint density at radius 1 is 1.50 bits per heavy atom. The molecule has 0 bridgehead atoms. The van der Waals surface area contributed by atoms with Gasteiger partial charge in [-0.2, -0.15) is 0 Å². The zero-order valence-corrected chi connectivity index (χ0v) is 11.7. The Labute approximate surface area is 121 Å². The van der Waals surface area contributed by atoms with Gasteiger partial charge in [0.25, 0.3) is 0 Å². The van der Waals surface area contributed by atoms with Crippen molar-refractivity contribution in [2.75, 3.05) is 19.0 Å². The zero-order valence-electron chi connectivity index (χ0n) is 10.9. The number of ether oxygens (including phenoxy) is 1. The minimum Gasteiger partial charge on any atom is -0.493 e. The molecular formula is C14H15ClN2O3. The summed E-state index contributed by atoms with van der Waals surface area (Å²) in [5, 5.41) is 6.81. The second-order valence-corrected chi connectivity index (χ2v) is 5.10. The maximum atomic E-state index is 11.1. The zero-order chi connectivity index (χ0) is 13.9. The minimum absolute atomic E-state index is 0.0365. The highest BCUT2D eigenvalue weighted by Crippen LogP contribution is 2.27. The van der Waals surface area contributed by atoms with E-state index in [-0.39, 0.29) is 17.9 Å². The fourth-order valence-electron chi connectivity index (χ4n) is 2.35. The topological polar surface area (TPSA) is 59.9 Å². The normalized spacial score (nSPS) is 19.9. The molecule has 0 saturated heterocycles. The van der Waals surface area contributed by atoms with Gasteiger partial charge in [-0.05, 0) is 29.3 Å². The number of hydrogen-bond donors (Lipinski definition) is 1. The smallest absolute Gasteiger partial charge is 0.235 e. The monoisotopic (exact) mass is 294 g/mol. The number of nitrogens with one attached hydrogen (secondary N) is 1. The van der Waals surface area contributed by atoms with Gasteiger partial charge in [0.2, 0.25) is 5.91 Å². The van der Waals surface area contributed by atoms with E-state index in [0.29, 0.717) is 13.0 Å². The molecule has 1 amide bonds. The fourth-order valence-corrected chi connectivity index (χ4v) is 2.44. The van der Waals surface area contributed by atoms with E-state index in [1.165, 1.54) is 5.56 Å². The molecule has 3 rings (SSSR count). The van der Waals surface area contributed by atoms with Gasteiger partial charge in [-0.15, -0.1) is 11.6 Å². The Kier molecular flexibility index (Phi) is 3.78. The summed E-state index contributed by atoms with van der Waals surface area (Å²) in [6.07, 6.45) is 1.50. The number of amides is 1. The number of rotatable bonds is 4. The maximum Gasteiger partial charge on any atom is 0.235 e. The lowest BCUT2D eigenvalue weighted by molar-refractivity contribution is -0.119. The van der Waals surface area contributed by atoms with Crippen molar-refractivity contribution in [3.05, 3.63) is 29.3 Å². The van der Waals surface area contributed by atoms with Crippen molar-refractivity contribution in [2.45, 2.75) is 18.9 Å². The number of hydrogen-bond acceptors (Lipinski definition) is 4. The molecule has 1 N–H and O–H groups in total. The highest BCUT2D eigenvalue weighted by molar-refractivity contribution is 6.27. The molecule has 5 nitrogen and oxygen atoms in total. The predicted octanol–water partition coefficient (Wildman–Crippen LogP) is 1.47. The Morgan fingerprint density at radius 3 is 3.25 bits per heavy atom. The summed E-state index contributed by atoms with van der Waals surface area (Å²) in [6.45, 7) is 1.17. The molecule has 2 aliphatic rings. The van der Waals surface area contributed by atoms with Crippen molar-refractivity contribution in [1.29, 1.82) is 0 Å². The van der Waals surface area contributed by atoms with Gasteiger partial charge in [-0.3, -0.25) is 4.79 Å². The molecule has 20 heavy (non-hydrogen) atoms. The number of alkyl halides is 1. The van der Waals surface area contributed by atoms with Gasteiger partial charge in [0, 0.05) is 12.8 Å². The van der Waals surface area contributed by atoms with E-state index >= 15 is 0 Å². The first-order chi connectivity index (χ1) is 9.76. The van der Waals surface area contributed by atoms with Crippen LogP contribution in [-0.2, 0) is 16.1 Å². The van der Waals surface area contributed by atoms with Crippen LogP contribution in [0.2, 0.25) is 0 Å². The highest BCUT2D eigenvalue weighted by atomic mass is 35.5. The van der Waals surface area contributed by atoms with Gasteiger partial charge in [0.1, 0.15) is 17.7 Å². The third-order valence-corrected chi connectivity index (χ3v) is 3.65. The molecule has 0 saturated carbocycles. The molecule has 0 fully saturated rings. The number of benzene rings is 1. The Bertz CT molecular complexity index is 559. The van der Waals surface area contributed by atoms with Crippen LogP contribution in [-0.4, -0.2) is 36.8 Å². The number of halogens is 1. The maximum absolute atomic E-state index is 11.1. The van der Waals surface area contributed by atoms with Gasteiger partial charge in [-0.25, -0.2) is 0 Å². The van der Waals surface area contributed by atoms with E-state index in [4.69, 9.17) is 21.2 Å². The van der Waals surface area contributed by atoms with Crippen LogP contribution in [0.1, 0.15) is 17.5 Å². The Hall–Kier alpha value is -1.75. The summed E-state index contributed by atoms with van der Waals surface area (Å²) in [6, 6.07) is 6.07. The van der Waals surface area contributed by atoms with Crippen LogP contribution >= 0.6 is 11.6 Å². The first-order valence-corrected chi connectivity index (χ1v) is 7.11. The van der Waals surface area contributed by atoms with E-state index in [0.717, 1.165) is 30.1 Å². The molecule has 0 aliphatic carbocycles. The van der Waals surface area contributed by atoms with Crippen LogP contribution in [0.5, 0.6) is 5.75 Å². The largest absolute Gasteiger partial charge is 0.493 e. The van der Waals surface area contributed by atoms with Crippen LogP contribution in [0.3, 0.4) is 0 Å². The molecule has 106 valence electrons. The van der Waals surface area contributed by atoms with Crippen LogP contribution in [0.25, 0.3) is 0 Å². The third-order valence-electron chi connectivity index (χ3n) is 3.40. The molecule has 1 aromatic rings. The van der Waals surface area contributed by atoms with E-state index in [2.05, 4.69) is 16.5 Å². The molecule has 1 unspecified atom stereocenters. The van der Waals surface area contributed by atoms with Gasteiger partial charge in [0.15, 0.2) is 0 Å². The average Bonchev–Trinajstić information content (AvgIpc) is 3.12. The molecule has 1 aromatic carbocycles. The van der Waals surface area contributed by atoms with Gasteiger partial charge in [-0.1, -0.05) is 5.16 Å². The van der Waals surface area contributed by atoms with E-state index in [1.54, 1.807) is 0 Å². The molecule has 6 heteroatoms. The predicted molar refractivity (Wildman–Crippen MR) is 75.4 cm³/mol. The van der Waals surface area contributed by atoms with Crippen molar-refractivity contribution < 1.29 is 14.4 Å². The highest BCUT2D eigenvalue weighted by Gasteiger charge is 2.23. The molecule has 2 aliphatic heterocycles. The van der Waals surface area contributed by atoms with E-state index in [1.807, 2.05) is 12.1 Å². The Balaban J connectivity index is 1.61. The van der Waals surface area contributed by atoms with E-state index < -0.39 is 0 Å². The third kappa shape index (κ3) is 2.72. The fraction of sp³-hybridized carbons (Fsp3) is 0.429. The first kappa shape index (κ1) is 13.2. The summed E-state index contributed by atoms with van der Waals surface area (Å²) in [5.41, 5.74) is 3.18. The van der Waals surface area contributed by atoms with Crippen molar-refractivity contribution in [2.24, 2.45) is 5.16 Å². The quantitative estimate of drug-likeness (QED) is 0.856. The van der Waals surface area contributed by atoms with Crippen molar-refractivity contribution in [1.82, 2.24) is 5.32 Å². The SMILES string of the molecule is O=C(CCl)NCC1CC(c2ccc3c(c2)CCO3)=NO1. The molecule has 0 spiro atoms. The number of nitrogens with zero attached hydrogens (tertiary/aromatic N) is 1. The summed E-state index contributed by atoms with van der Waals surface area (Å²) >= 11 is 5.42. The lowest BCUT2D eigenvalue weighted by Crippen LogP contribution is -2.33. The lowest BCUT2D eigenvalue weighted by atomic mass is 10.0. The molecule has 0 aromatic heterocycles. The number of carbonyl (C=O) groups is 1. The summed E-state index contributed by atoms with van der Waals surface area (Å²) < 4.78 is 5.48. The molecule has 1 atom stereocenters.